The molecule has 134 valence electrons. The molecule has 0 saturated carbocycles. The number of halogens is 3. The van der Waals surface area contributed by atoms with Crippen molar-refractivity contribution in [2.75, 3.05) is 19.6 Å². The Labute approximate surface area is 140 Å². The Hall–Kier alpha value is -1.63. The number of likely N-dealkylation sites (tertiary alicyclic amines) is 1. The van der Waals surface area contributed by atoms with Gasteiger partial charge in [0.05, 0.1) is 0 Å². The maximum absolute atomic E-state index is 13.2. The second-order valence-corrected chi connectivity index (χ2v) is 6.32. The van der Waals surface area contributed by atoms with Crippen LogP contribution in [0.1, 0.15) is 44.2 Å². The summed E-state index contributed by atoms with van der Waals surface area (Å²) in [7, 11) is 0. The van der Waals surface area contributed by atoms with E-state index in [0.29, 0.717) is 0 Å². The van der Waals surface area contributed by atoms with E-state index in [9.17, 15) is 18.0 Å². The van der Waals surface area contributed by atoms with Gasteiger partial charge in [-0.3, -0.25) is 9.78 Å². The minimum absolute atomic E-state index is 0.0453. The van der Waals surface area contributed by atoms with Gasteiger partial charge in [0, 0.05) is 24.4 Å². The molecule has 2 heterocycles. The summed E-state index contributed by atoms with van der Waals surface area (Å²) in [6.07, 6.45) is 0.956. The molecule has 7 heteroatoms. The van der Waals surface area contributed by atoms with Crippen LogP contribution in [0.2, 0.25) is 0 Å². The first-order valence-corrected chi connectivity index (χ1v) is 8.38. The fraction of sp³-hybridized carbons (Fsp3) is 0.647. The number of carbonyl (C=O) groups excluding carboxylic acids is 1. The Bertz CT molecular complexity index is 514. The molecular formula is C17H24F3N3O. The van der Waals surface area contributed by atoms with E-state index in [4.69, 9.17) is 0 Å². The van der Waals surface area contributed by atoms with Crippen molar-refractivity contribution >= 4 is 5.91 Å². The third-order valence-electron chi connectivity index (χ3n) is 4.37. The molecule has 0 unspecified atom stereocenters. The highest BCUT2D eigenvalue weighted by Crippen LogP contribution is 2.32. The second kappa shape index (κ2) is 8.46. The lowest BCUT2D eigenvalue weighted by atomic mass is 9.93. The van der Waals surface area contributed by atoms with Crippen LogP contribution in [0, 0.1) is 5.92 Å². The molecule has 1 aliphatic rings. The predicted octanol–water partition coefficient (Wildman–Crippen LogP) is 3.31. The first-order valence-electron chi connectivity index (χ1n) is 8.38. The number of carbonyl (C=O) groups is 1. The number of hydrogen-bond acceptors (Lipinski definition) is 3. The number of hydrogen-bond donors (Lipinski definition) is 1. The number of nitrogens with zero attached hydrogens (tertiary/aromatic N) is 2. The van der Waals surface area contributed by atoms with E-state index in [0.717, 1.165) is 45.1 Å². The molecule has 0 spiro atoms. The van der Waals surface area contributed by atoms with Crippen molar-refractivity contribution in [3.8, 4) is 0 Å². The molecule has 0 radical (unpaired) electrons. The van der Waals surface area contributed by atoms with Crippen molar-refractivity contribution in [1.29, 1.82) is 0 Å². The van der Waals surface area contributed by atoms with E-state index in [1.54, 1.807) is 0 Å². The fourth-order valence-corrected chi connectivity index (χ4v) is 3.11. The van der Waals surface area contributed by atoms with Gasteiger partial charge in [0.15, 0.2) is 6.04 Å². The van der Waals surface area contributed by atoms with E-state index >= 15 is 0 Å². The van der Waals surface area contributed by atoms with E-state index in [1.165, 1.54) is 18.3 Å². The average molecular weight is 343 g/mol. The molecule has 1 aromatic rings. The smallest absolute Gasteiger partial charge is 0.341 e. The summed E-state index contributed by atoms with van der Waals surface area (Å²) in [6, 6.07) is 0.761. The Kier molecular flexibility index (Phi) is 6.60. The van der Waals surface area contributed by atoms with Crippen molar-refractivity contribution in [2.24, 2.45) is 5.92 Å². The lowest BCUT2D eigenvalue weighted by Gasteiger charge is -2.31. The largest absolute Gasteiger partial charge is 0.412 e. The minimum atomic E-state index is -4.54. The molecule has 1 saturated heterocycles. The third kappa shape index (κ3) is 5.47. The van der Waals surface area contributed by atoms with Crippen LogP contribution in [-0.4, -0.2) is 41.6 Å². The summed E-state index contributed by atoms with van der Waals surface area (Å²) in [4.78, 5) is 18.2. The number of nitrogens with one attached hydrogen (secondary N) is 1. The SMILES string of the molecule is CCCN1CCC(CC(=O)N[C@H](c2cccnc2)C(F)(F)F)CC1. The van der Waals surface area contributed by atoms with Crippen LogP contribution in [0.4, 0.5) is 13.2 Å². The zero-order valence-electron chi connectivity index (χ0n) is 13.9. The summed E-state index contributed by atoms with van der Waals surface area (Å²) in [6.45, 7) is 4.99. The maximum Gasteiger partial charge on any atom is 0.412 e. The zero-order chi connectivity index (χ0) is 17.6. The van der Waals surface area contributed by atoms with E-state index in [2.05, 4.69) is 22.1 Å². The van der Waals surface area contributed by atoms with Crippen LogP contribution < -0.4 is 5.32 Å². The number of piperidine rings is 1. The van der Waals surface area contributed by atoms with Crippen LogP contribution in [-0.2, 0) is 4.79 Å². The molecule has 1 amide bonds. The van der Waals surface area contributed by atoms with Gasteiger partial charge in [-0.05, 0) is 50.9 Å². The molecule has 0 bridgehead atoms. The monoisotopic (exact) mass is 343 g/mol. The van der Waals surface area contributed by atoms with Gasteiger partial charge in [-0.1, -0.05) is 13.0 Å². The highest BCUT2D eigenvalue weighted by atomic mass is 19.4. The third-order valence-corrected chi connectivity index (χ3v) is 4.37. The normalized spacial score (nSPS) is 18.3. The zero-order valence-corrected chi connectivity index (χ0v) is 13.9. The van der Waals surface area contributed by atoms with Crippen molar-refractivity contribution in [2.45, 2.75) is 44.8 Å². The molecule has 1 fully saturated rings. The van der Waals surface area contributed by atoms with Crippen LogP contribution >= 0.6 is 0 Å². The van der Waals surface area contributed by atoms with E-state index in [-0.39, 0.29) is 17.9 Å². The predicted molar refractivity (Wildman–Crippen MR) is 85.2 cm³/mol. The molecule has 4 nitrogen and oxygen atoms in total. The number of aromatic nitrogens is 1. The van der Waals surface area contributed by atoms with Gasteiger partial charge in [-0.2, -0.15) is 13.2 Å². The van der Waals surface area contributed by atoms with Crippen LogP contribution in [0.5, 0.6) is 0 Å². The Morgan fingerprint density at radius 1 is 1.42 bits per heavy atom. The lowest BCUT2D eigenvalue weighted by molar-refractivity contribution is -0.163. The first kappa shape index (κ1) is 18.7. The standard InChI is InChI=1S/C17H24F3N3O/c1-2-8-23-9-5-13(6-10-23)11-15(24)22-16(17(18,19)20)14-4-3-7-21-12-14/h3-4,7,12-13,16H,2,5-6,8-11H2,1H3,(H,22,24)/t16-/m1/s1. The Morgan fingerprint density at radius 2 is 2.12 bits per heavy atom. The van der Waals surface area contributed by atoms with Gasteiger partial charge in [-0.15, -0.1) is 0 Å². The van der Waals surface area contributed by atoms with Crippen LogP contribution in [0.25, 0.3) is 0 Å². The highest BCUT2D eigenvalue weighted by molar-refractivity contribution is 5.76. The van der Waals surface area contributed by atoms with E-state index < -0.39 is 18.1 Å². The van der Waals surface area contributed by atoms with Crippen molar-refractivity contribution in [1.82, 2.24) is 15.2 Å². The number of pyridine rings is 1. The fourth-order valence-electron chi connectivity index (χ4n) is 3.11. The second-order valence-electron chi connectivity index (χ2n) is 6.32. The topological polar surface area (TPSA) is 45.2 Å². The molecule has 0 aliphatic carbocycles. The van der Waals surface area contributed by atoms with Crippen molar-refractivity contribution < 1.29 is 18.0 Å². The summed E-state index contributed by atoms with van der Waals surface area (Å²) < 4.78 is 39.7. The molecule has 1 aliphatic heterocycles. The molecule has 24 heavy (non-hydrogen) atoms. The van der Waals surface area contributed by atoms with E-state index in [1.807, 2.05) is 0 Å². The number of alkyl halides is 3. The van der Waals surface area contributed by atoms with Crippen LogP contribution in [0.15, 0.2) is 24.5 Å². The summed E-state index contributed by atoms with van der Waals surface area (Å²) in [5.41, 5.74) is -0.0453. The Balaban J connectivity index is 1.90. The molecule has 0 aromatic carbocycles. The van der Waals surface area contributed by atoms with Crippen molar-refractivity contribution in [3.63, 3.8) is 0 Å². The van der Waals surface area contributed by atoms with Crippen molar-refractivity contribution in [3.05, 3.63) is 30.1 Å². The molecule has 1 aromatic heterocycles. The summed E-state index contributed by atoms with van der Waals surface area (Å²) in [5, 5.41) is 2.14. The maximum atomic E-state index is 13.2. The molecule has 1 N–H and O–H groups in total. The van der Waals surface area contributed by atoms with Gasteiger partial charge < -0.3 is 10.2 Å². The summed E-state index contributed by atoms with van der Waals surface area (Å²) >= 11 is 0. The van der Waals surface area contributed by atoms with Gasteiger partial charge in [-0.25, -0.2) is 0 Å². The molecule has 1 atom stereocenters. The first-order chi connectivity index (χ1) is 11.4. The van der Waals surface area contributed by atoms with Crippen LogP contribution in [0.3, 0.4) is 0 Å². The van der Waals surface area contributed by atoms with Gasteiger partial charge in [0.1, 0.15) is 0 Å². The summed E-state index contributed by atoms with van der Waals surface area (Å²) in [5.74, 6) is -0.393. The molecule has 2 rings (SSSR count). The van der Waals surface area contributed by atoms with Gasteiger partial charge in [0.25, 0.3) is 0 Å². The number of rotatable bonds is 6. The average Bonchev–Trinajstić information content (AvgIpc) is 2.54. The highest BCUT2D eigenvalue weighted by Gasteiger charge is 2.42. The minimum Gasteiger partial charge on any atom is -0.341 e. The Morgan fingerprint density at radius 3 is 2.67 bits per heavy atom. The quantitative estimate of drug-likeness (QED) is 0.862. The molecular weight excluding hydrogens is 319 g/mol. The number of amides is 1. The lowest BCUT2D eigenvalue weighted by Crippen LogP contribution is -2.40. The van der Waals surface area contributed by atoms with Gasteiger partial charge in [0.2, 0.25) is 5.91 Å². The van der Waals surface area contributed by atoms with Gasteiger partial charge >= 0.3 is 6.18 Å².